The SMILES string of the molecule is CO[C@@H](C)c1nsc(NCCc2ncccc2F)n1. The standard InChI is InChI=1S/C12H15FN4OS/c1-8(18-2)11-16-12(19-17-11)15-7-5-10-9(13)4-3-6-14-10/h3-4,6,8H,5,7H2,1-2H3,(H,15,16,17)/t8-/m0/s1. The molecule has 0 fully saturated rings. The minimum Gasteiger partial charge on any atom is -0.374 e. The van der Waals surface area contributed by atoms with Gasteiger partial charge in [0.1, 0.15) is 11.9 Å². The van der Waals surface area contributed by atoms with Gasteiger partial charge in [0.05, 0.1) is 5.69 Å². The molecule has 19 heavy (non-hydrogen) atoms. The van der Waals surface area contributed by atoms with Gasteiger partial charge >= 0.3 is 0 Å². The molecule has 2 aromatic heterocycles. The number of methoxy groups -OCH3 is 1. The smallest absolute Gasteiger partial charge is 0.202 e. The van der Waals surface area contributed by atoms with E-state index in [-0.39, 0.29) is 11.9 Å². The Morgan fingerprint density at radius 1 is 1.53 bits per heavy atom. The maximum Gasteiger partial charge on any atom is 0.202 e. The monoisotopic (exact) mass is 282 g/mol. The largest absolute Gasteiger partial charge is 0.374 e. The van der Waals surface area contributed by atoms with E-state index in [0.717, 1.165) is 0 Å². The van der Waals surface area contributed by atoms with E-state index in [9.17, 15) is 4.39 Å². The molecule has 1 N–H and O–H groups in total. The van der Waals surface area contributed by atoms with Crippen LogP contribution < -0.4 is 5.32 Å². The normalized spacial score (nSPS) is 12.4. The van der Waals surface area contributed by atoms with E-state index in [1.54, 1.807) is 19.4 Å². The lowest BCUT2D eigenvalue weighted by Crippen LogP contribution is -2.07. The van der Waals surface area contributed by atoms with Crippen molar-refractivity contribution in [3.63, 3.8) is 0 Å². The third-order valence-corrected chi connectivity index (χ3v) is 3.32. The van der Waals surface area contributed by atoms with Crippen molar-refractivity contribution >= 4 is 16.7 Å². The van der Waals surface area contributed by atoms with E-state index in [1.807, 2.05) is 6.92 Å². The fourth-order valence-electron chi connectivity index (χ4n) is 1.47. The van der Waals surface area contributed by atoms with E-state index < -0.39 is 0 Å². The Morgan fingerprint density at radius 3 is 3.11 bits per heavy atom. The summed E-state index contributed by atoms with van der Waals surface area (Å²) in [6, 6.07) is 2.99. The Hall–Kier alpha value is -1.60. The van der Waals surface area contributed by atoms with Crippen LogP contribution >= 0.6 is 11.5 Å². The highest BCUT2D eigenvalue weighted by Crippen LogP contribution is 2.18. The molecular weight excluding hydrogens is 267 g/mol. The van der Waals surface area contributed by atoms with Gasteiger partial charge in [0, 0.05) is 37.8 Å². The second-order valence-electron chi connectivity index (χ2n) is 3.94. The zero-order valence-corrected chi connectivity index (χ0v) is 11.6. The summed E-state index contributed by atoms with van der Waals surface area (Å²) in [5, 5.41) is 3.81. The summed E-state index contributed by atoms with van der Waals surface area (Å²) in [5.74, 6) is 0.370. The van der Waals surface area contributed by atoms with Gasteiger partial charge in [0.25, 0.3) is 0 Å². The lowest BCUT2D eigenvalue weighted by atomic mass is 10.2. The zero-order chi connectivity index (χ0) is 13.7. The molecule has 102 valence electrons. The van der Waals surface area contributed by atoms with Crippen molar-refractivity contribution in [2.45, 2.75) is 19.4 Å². The molecule has 0 aliphatic rings. The quantitative estimate of drug-likeness (QED) is 0.881. The van der Waals surface area contributed by atoms with Crippen LogP contribution in [0.15, 0.2) is 18.3 Å². The molecule has 0 spiro atoms. The number of nitrogens with zero attached hydrogens (tertiary/aromatic N) is 3. The lowest BCUT2D eigenvalue weighted by Gasteiger charge is -2.04. The minimum atomic E-state index is -0.282. The maximum absolute atomic E-state index is 13.3. The highest BCUT2D eigenvalue weighted by Gasteiger charge is 2.11. The Balaban J connectivity index is 1.86. The van der Waals surface area contributed by atoms with Gasteiger partial charge in [-0.05, 0) is 19.1 Å². The fourth-order valence-corrected chi connectivity index (χ4v) is 2.14. The summed E-state index contributed by atoms with van der Waals surface area (Å²) < 4.78 is 22.7. The van der Waals surface area contributed by atoms with E-state index in [1.165, 1.54) is 17.6 Å². The molecule has 0 amide bonds. The van der Waals surface area contributed by atoms with Crippen LogP contribution in [0.2, 0.25) is 0 Å². The Bertz CT molecular complexity index is 534. The topological polar surface area (TPSA) is 59.9 Å². The predicted molar refractivity (Wildman–Crippen MR) is 71.7 cm³/mol. The molecule has 2 rings (SSSR count). The lowest BCUT2D eigenvalue weighted by molar-refractivity contribution is 0.113. The van der Waals surface area contributed by atoms with Crippen molar-refractivity contribution in [1.29, 1.82) is 0 Å². The Labute approximate surface area is 115 Å². The van der Waals surface area contributed by atoms with Crippen molar-refractivity contribution in [3.05, 3.63) is 35.7 Å². The predicted octanol–water partition coefficient (Wildman–Crippen LogP) is 2.43. The van der Waals surface area contributed by atoms with Crippen LogP contribution in [0.4, 0.5) is 9.52 Å². The van der Waals surface area contributed by atoms with Gasteiger partial charge in [-0.15, -0.1) is 0 Å². The van der Waals surface area contributed by atoms with Crippen molar-refractivity contribution in [3.8, 4) is 0 Å². The highest BCUT2D eigenvalue weighted by molar-refractivity contribution is 7.09. The van der Waals surface area contributed by atoms with Crippen LogP contribution in [-0.4, -0.2) is 28.0 Å². The van der Waals surface area contributed by atoms with Crippen molar-refractivity contribution < 1.29 is 9.13 Å². The molecule has 0 saturated heterocycles. The molecule has 1 atom stereocenters. The molecule has 0 aromatic carbocycles. The highest BCUT2D eigenvalue weighted by atomic mass is 32.1. The molecule has 2 heterocycles. The number of hydrogen-bond acceptors (Lipinski definition) is 6. The van der Waals surface area contributed by atoms with Crippen LogP contribution in [-0.2, 0) is 11.2 Å². The first-order valence-corrected chi connectivity index (χ1v) is 6.67. The van der Waals surface area contributed by atoms with Gasteiger partial charge in [-0.25, -0.2) is 9.37 Å². The van der Waals surface area contributed by atoms with E-state index in [0.29, 0.717) is 29.6 Å². The van der Waals surface area contributed by atoms with Gasteiger partial charge in [0.2, 0.25) is 5.13 Å². The first-order chi connectivity index (χ1) is 9.20. The Kier molecular flexibility index (Phi) is 4.75. The van der Waals surface area contributed by atoms with Crippen LogP contribution in [0.5, 0.6) is 0 Å². The van der Waals surface area contributed by atoms with Crippen molar-refractivity contribution in [2.24, 2.45) is 0 Å². The number of ether oxygens (including phenoxy) is 1. The number of pyridine rings is 1. The number of anilines is 1. The number of halogens is 1. The summed E-state index contributed by atoms with van der Waals surface area (Å²) in [5.41, 5.74) is 0.449. The van der Waals surface area contributed by atoms with Crippen LogP contribution in [0.3, 0.4) is 0 Å². The molecule has 2 aromatic rings. The van der Waals surface area contributed by atoms with Crippen molar-refractivity contribution in [2.75, 3.05) is 19.0 Å². The maximum atomic E-state index is 13.3. The average Bonchev–Trinajstić information content (AvgIpc) is 2.89. The second-order valence-corrected chi connectivity index (χ2v) is 4.70. The van der Waals surface area contributed by atoms with Crippen LogP contribution in [0.1, 0.15) is 24.5 Å². The van der Waals surface area contributed by atoms with E-state index in [4.69, 9.17) is 4.74 Å². The van der Waals surface area contributed by atoms with Crippen molar-refractivity contribution in [1.82, 2.24) is 14.3 Å². The molecule has 7 heteroatoms. The molecular formula is C12H15FN4OS. The van der Waals surface area contributed by atoms with Crippen LogP contribution in [0, 0.1) is 5.82 Å². The molecule has 0 aliphatic carbocycles. The third kappa shape index (κ3) is 3.68. The Morgan fingerprint density at radius 2 is 2.37 bits per heavy atom. The summed E-state index contributed by atoms with van der Waals surface area (Å²) in [4.78, 5) is 8.28. The first kappa shape index (κ1) is 13.8. The zero-order valence-electron chi connectivity index (χ0n) is 10.8. The number of aromatic nitrogens is 3. The second kappa shape index (κ2) is 6.53. The molecule has 0 aliphatic heterocycles. The van der Waals surface area contributed by atoms with E-state index in [2.05, 4.69) is 19.7 Å². The molecule has 0 bridgehead atoms. The summed E-state index contributed by atoms with van der Waals surface area (Å²) in [6.45, 7) is 2.44. The third-order valence-electron chi connectivity index (χ3n) is 2.63. The number of hydrogen-bond donors (Lipinski definition) is 1. The first-order valence-electron chi connectivity index (χ1n) is 5.90. The molecule has 0 radical (unpaired) electrons. The summed E-state index contributed by atoms with van der Waals surface area (Å²) >= 11 is 1.27. The summed E-state index contributed by atoms with van der Waals surface area (Å²) in [7, 11) is 1.61. The fraction of sp³-hybridized carbons (Fsp3) is 0.417. The van der Waals surface area contributed by atoms with Crippen LogP contribution in [0.25, 0.3) is 0 Å². The molecule has 0 unspecified atom stereocenters. The van der Waals surface area contributed by atoms with Gasteiger partial charge < -0.3 is 10.1 Å². The van der Waals surface area contributed by atoms with Gasteiger partial charge in [-0.1, -0.05) is 0 Å². The van der Waals surface area contributed by atoms with Gasteiger partial charge in [-0.2, -0.15) is 4.37 Å². The minimum absolute atomic E-state index is 0.125. The van der Waals surface area contributed by atoms with E-state index >= 15 is 0 Å². The summed E-state index contributed by atoms with van der Waals surface area (Å²) in [6.07, 6.45) is 1.96. The average molecular weight is 282 g/mol. The van der Waals surface area contributed by atoms with Gasteiger partial charge in [0.15, 0.2) is 5.82 Å². The molecule has 0 saturated carbocycles. The molecule has 5 nitrogen and oxygen atoms in total. The number of nitrogens with one attached hydrogen (secondary N) is 1. The van der Waals surface area contributed by atoms with Gasteiger partial charge in [-0.3, -0.25) is 4.98 Å². The number of rotatable bonds is 6.